The summed E-state index contributed by atoms with van der Waals surface area (Å²) in [7, 11) is 0. The van der Waals surface area contributed by atoms with Crippen molar-refractivity contribution in [3.05, 3.63) is 12.2 Å². The van der Waals surface area contributed by atoms with Crippen LogP contribution in [-0.4, -0.2) is 13.2 Å². The van der Waals surface area contributed by atoms with Crippen LogP contribution in [0.5, 0.6) is 0 Å². The molecule has 0 aromatic rings. The van der Waals surface area contributed by atoms with Gasteiger partial charge in [0, 0.05) is 13.2 Å². The molecule has 182 valence electrons. The van der Waals surface area contributed by atoms with Gasteiger partial charge >= 0.3 is 0 Å². The van der Waals surface area contributed by atoms with Crippen LogP contribution in [0.4, 0.5) is 0 Å². The predicted molar refractivity (Wildman–Crippen MR) is 137 cm³/mol. The van der Waals surface area contributed by atoms with E-state index in [9.17, 15) is 0 Å². The molecule has 0 bridgehead atoms. The zero-order chi connectivity index (χ0) is 23.0. The van der Waals surface area contributed by atoms with Gasteiger partial charge in [-0.25, -0.2) is 0 Å². The molecule has 0 N–H and O–H groups in total. The highest BCUT2D eigenvalue weighted by Gasteiger charge is 2.43. The summed E-state index contributed by atoms with van der Waals surface area (Å²) in [6, 6.07) is 0. The molecular formula is C30H56O. The maximum Gasteiger partial charge on any atom is 0.0499 e. The van der Waals surface area contributed by atoms with Crippen LogP contribution in [0.15, 0.2) is 12.2 Å². The highest BCUT2D eigenvalue weighted by Crippen LogP contribution is 2.49. The topological polar surface area (TPSA) is 9.23 Å². The molecule has 1 heteroatoms. The van der Waals surface area contributed by atoms with E-state index < -0.39 is 0 Å². The van der Waals surface area contributed by atoms with Gasteiger partial charge in [0.05, 0.1) is 0 Å². The second-order valence-electron chi connectivity index (χ2n) is 12.1. The summed E-state index contributed by atoms with van der Waals surface area (Å²) in [5, 5.41) is 0. The van der Waals surface area contributed by atoms with Crippen LogP contribution in [0.3, 0.4) is 0 Å². The van der Waals surface area contributed by atoms with Crippen molar-refractivity contribution in [2.75, 3.05) is 13.2 Å². The third-order valence-corrected chi connectivity index (χ3v) is 9.80. The van der Waals surface area contributed by atoms with Gasteiger partial charge in [0.2, 0.25) is 0 Å². The largest absolute Gasteiger partial charge is 0.381 e. The average molecular weight is 433 g/mol. The summed E-state index contributed by atoms with van der Waals surface area (Å²) in [6.45, 7) is 21.6. The molecule has 2 aliphatic rings. The molecule has 0 heterocycles. The summed E-state index contributed by atoms with van der Waals surface area (Å²) in [4.78, 5) is 0. The number of allylic oxidation sites excluding steroid dienone is 2. The van der Waals surface area contributed by atoms with Crippen molar-refractivity contribution in [3.63, 3.8) is 0 Å². The smallest absolute Gasteiger partial charge is 0.0499 e. The Morgan fingerprint density at radius 3 is 2.13 bits per heavy atom. The maximum atomic E-state index is 6.27. The number of ether oxygens (including phenoxy) is 1. The second-order valence-corrected chi connectivity index (χ2v) is 12.1. The van der Waals surface area contributed by atoms with Crippen molar-refractivity contribution in [1.29, 1.82) is 0 Å². The lowest BCUT2D eigenvalue weighted by molar-refractivity contribution is -0.0498. The van der Waals surface area contributed by atoms with E-state index in [2.05, 4.69) is 67.5 Å². The van der Waals surface area contributed by atoms with Gasteiger partial charge in [-0.1, -0.05) is 80.4 Å². The summed E-state index contributed by atoms with van der Waals surface area (Å²) in [6.07, 6.45) is 15.7. The minimum absolute atomic E-state index is 0.687. The fraction of sp³-hybridized carbons (Fsp3) is 0.933. The van der Waals surface area contributed by atoms with Crippen molar-refractivity contribution in [3.8, 4) is 0 Å². The summed E-state index contributed by atoms with van der Waals surface area (Å²) in [5.74, 6) is 8.19. The lowest BCUT2D eigenvalue weighted by Crippen LogP contribution is -2.45. The molecular weight excluding hydrogens is 376 g/mol. The summed E-state index contributed by atoms with van der Waals surface area (Å²) < 4.78 is 6.27. The van der Waals surface area contributed by atoms with Crippen LogP contribution in [0.2, 0.25) is 0 Å². The highest BCUT2D eigenvalue weighted by atomic mass is 16.5. The van der Waals surface area contributed by atoms with E-state index in [0.717, 1.165) is 66.5 Å². The van der Waals surface area contributed by atoms with Gasteiger partial charge in [-0.15, -0.1) is 0 Å². The SMILES string of the molecule is CCC(C)COCC1C(C)C(C)C(C)C(CC(CC)CC(C)CC2CC=CCC2)C1C. The van der Waals surface area contributed by atoms with E-state index in [1.165, 1.54) is 51.4 Å². The third-order valence-electron chi connectivity index (χ3n) is 9.80. The van der Waals surface area contributed by atoms with Crippen molar-refractivity contribution in [2.24, 2.45) is 59.2 Å². The van der Waals surface area contributed by atoms with E-state index in [1.807, 2.05) is 0 Å². The Labute approximate surface area is 196 Å². The van der Waals surface area contributed by atoms with E-state index >= 15 is 0 Å². The molecule has 0 saturated heterocycles. The lowest BCUT2D eigenvalue weighted by atomic mass is 9.57. The molecule has 31 heavy (non-hydrogen) atoms. The Morgan fingerprint density at radius 2 is 1.52 bits per heavy atom. The number of hydrogen-bond acceptors (Lipinski definition) is 1. The van der Waals surface area contributed by atoms with Crippen molar-refractivity contribution >= 4 is 0 Å². The second kappa shape index (κ2) is 13.4. The number of hydrogen-bond donors (Lipinski definition) is 0. The Morgan fingerprint density at radius 1 is 0.806 bits per heavy atom. The Hall–Kier alpha value is -0.300. The Bertz CT molecular complexity index is 511. The van der Waals surface area contributed by atoms with Gasteiger partial charge in [0.1, 0.15) is 0 Å². The van der Waals surface area contributed by atoms with Crippen LogP contribution in [0, 0.1) is 59.2 Å². The molecule has 0 aliphatic heterocycles. The van der Waals surface area contributed by atoms with Gasteiger partial charge < -0.3 is 4.74 Å². The fourth-order valence-corrected chi connectivity index (χ4v) is 6.91. The average Bonchev–Trinajstić information content (AvgIpc) is 2.77. The van der Waals surface area contributed by atoms with E-state index in [0.29, 0.717) is 5.92 Å². The van der Waals surface area contributed by atoms with Crippen LogP contribution < -0.4 is 0 Å². The van der Waals surface area contributed by atoms with Gasteiger partial charge in [-0.05, 0) is 97.7 Å². The van der Waals surface area contributed by atoms with Crippen LogP contribution in [0.25, 0.3) is 0 Å². The molecule has 1 fully saturated rings. The van der Waals surface area contributed by atoms with Gasteiger partial charge in [0.15, 0.2) is 0 Å². The van der Waals surface area contributed by atoms with Gasteiger partial charge in [0.25, 0.3) is 0 Å². The first-order valence-electron chi connectivity index (χ1n) is 14.0. The van der Waals surface area contributed by atoms with Crippen LogP contribution >= 0.6 is 0 Å². The van der Waals surface area contributed by atoms with Gasteiger partial charge in [-0.2, -0.15) is 0 Å². The van der Waals surface area contributed by atoms with E-state index in [4.69, 9.17) is 4.74 Å². The monoisotopic (exact) mass is 432 g/mol. The van der Waals surface area contributed by atoms with Crippen LogP contribution in [-0.2, 0) is 4.74 Å². The molecule has 10 unspecified atom stereocenters. The molecule has 2 aliphatic carbocycles. The van der Waals surface area contributed by atoms with Crippen molar-refractivity contribution in [2.45, 2.75) is 107 Å². The lowest BCUT2D eigenvalue weighted by Gasteiger charge is -2.49. The van der Waals surface area contributed by atoms with Crippen LogP contribution in [0.1, 0.15) is 107 Å². The minimum atomic E-state index is 0.687. The van der Waals surface area contributed by atoms with Crippen molar-refractivity contribution < 1.29 is 4.74 Å². The standard InChI is InChI=1S/C30H56O/c1-9-21(3)19-31-20-30-25(7)23(5)24(6)29(26(30)8)18-27(10-2)16-22(4)17-28-14-12-11-13-15-28/h11-12,21-30H,9-10,13-20H2,1-8H3. The van der Waals surface area contributed by atoms with Gasteiger partial charge in [-0.3, -0.25) is 0 Å². The minimum Gasteiger partial charge on any atom is -0.381 e. The maximum absolute atomic E-state index is 6.27. The van der Waals surface area contributed by atoms with E-state index in [-0.39, 0.29) is 0 Å². The third kappa shape index (κ3) is 7.90. The molecule has 1 nitrogen and oxygen atoms in total. The zero-order valence-electron chi connectivity index (χ0n) is 22.4. The molecule has 10 atom stereocenters. The predicted octanol–water partition coefficient (Wildman–Crippen LogP) is 9.03. The molecule has 2 rings (SSSR count). The first kappa shape index (κ1) is 26.9. The fourth-order valence-electron chi connectivity index (χ4n) is 6.91. The molecule has 0 spiro atoms. The highest BCUT2D eigenvalue weighted by molar-refractivity contribution is 4.93. The quantitative estimate of drug-likeness (QED) is 0.279. The molecule has 0 aromatic carbocycles. The molecule has 1 saturated carbocycles. The first-order chi connectivity index (χ1) is 14.8. The normalized spacial score (nSPS) is 36.8. The Balaban J connectivity index is 1.94. The first-order valence-corrected chi connectivity index (χ1v) is 14.0. The zero-order valence-corrected chi connectivity index (χ0v) is 22.4. The molecule has 0 aromatic heterocycles. The summed E-state index contributed by atoms with van der Waals surface area (Å²) in [5.41, 5.74) is 0. The van der Waals surface area contributed by atoms with Crippen molar-refractivity contribution in [1.82, 2.24) is 0 Å². The molecule has 0 amide bonds. The number of rotatable bonds is 12. The van der Waals surface area contributed by atoms with E-state index in [1.54, 1.807) is 0 Å². The molecule has 0 radical (unpaired) electrons. The Kier molecular flexibility index (Phi) is 11.7. The summed E-state index contributed by atoms with van der Waals surface area (Å²) >= 11 is 0.